The van der Waals surface area contributed by atoms with Crippen molar-refractivity contribution in [3.05, 3.63) is 0 Å². The molecule has 0 aromatic heterocycles. The molecule has 0 atom stereocenters. The molecule has 1 saturated heterocycles. The summed E-state index contributed by atoms with van der Waals surface area (Å²) >= 11 is 0. The van der Waals surface area contributed by atoms with E-state index in [1.807, 2.05) is 7.05 Å². The van der Waals surface area contributed by atoms with Gasteiger partial charge in [-0.1, -0.05) is 0 Å². The van der Waals surface area contributed by atoms with Crippen LogP contribution in [0.15, 0.2) is 0 Å². The second kappa shape index (κ2) is 2.82. The van der Waals surface area contributed by atoms with Crippen molar-refractivity contribution in [2.24, 2.45) is 0 Å². The fourth-order valence-corrected chi connectivity index (χ4v) is 0.840. The predicted octanol–water partition coefficient (Wildman–Crippen LogP) is -0.547. The van der Waals surface area contributed by atoms with Crippen LogP contribution >= 0.6 is 0 Å². The van der Waals surface area contributed by atoms with Gasteiger partial charge in [-0.2, -0.15) is 0 Å². The van der Waals surface area contributed by atoms with Crippen molar-refractivity contribution in [2.75, 3.05) is 26.7 Å². The van der Waals surface area contributed by atoms with Crippen LogP contribution in [0.3, 0.4) is 0 Å². The topological polar surface area (TPSA) is 34.4 Å². The molecule has 3 nitrogen and oxygen atoms in total. The number of amides is 1. The van der Waals surface area contributed by atoms with Crippen molar-refractivity contribution in [3.63, 3.8) is 0 Å². The lowest BCUT2D eigenvalue weighted by Crippen LogP contribution is -2.29. The molecule has 0 aromatic carbocycles. The van der Waals surface area contributed by atoms with Crippen LogP contribution in [0.1, 0.15) is 6.42 Å². The van der Waals surface area contributed by atoms with Gasteiger partial charge in [0.15, 0.2) is 0 Å². The van der Waals surface area contributed by atoms with Crippen LogP contribution in [0, 0.1) is 0 Å². The predicted molar refractivity (Wildman–Crippen MR) is 34.1 cm³/mol. The van der Waals surface area contributed by atoms with Crippen LogP contribution in [-0.4, -0.2) is 37.5 Å². The Labute approximate surface area is 55.0 Å². The first-order valence-corrected chi connectivity index (χ1v) is 3.18. The van der Waals surface area contributed by atoms with Crippen molar-refractivity contribution < 1.29 is 4.79 Å². The minimum atomic E-state index is 0.146. The Balaban J connectivity index is 2.41. The molecule has 9 heavy (non-hydrogen) atoms. The van der Waals surface area contributed by atoms with Gasteiger partial charge >= 0.3 is 0 Å². The monoisotopic (exact) mass is 127 g/mol. The zero-order chi connectivity index (χ0) is 6.69. The Bertz CT molecular complexity index is 114. The summed E-state index contributed by atoms with van der Waals surface area (Å²) in [7, 11) is 1.82. The van der Waals surface area contributed by atoms with Crippen LogP contribution in [0.5, 0.6) is 0 Å². The number of hydrogen-bond donors (Lipinski definition) is 0. The Morgan fingerprint density at radius 1 is 1.67 bits per heavy atom. The summed E-state index contributed by atoms with van der Waals surface area (Å²) in [5.41, 5.74) is 0. The summed E-state index contributed by atoms with van der Waals surface area (Å²) in [5, 5.41) is 4.01. The standard InChI is InChI=1S/C6H11N2O/c1-8-4-2-3-7-5-6(8)9/h2-5H2,1H3. The normalized spacial score (nSPS) is 21.9. The smallest absolute Gasteiger partial charge is 0.237 e. The molecule has 1 amide bonds. The fourth-order valence-electron chi connectivity index (χ4n) is 0.840. The van der Waals surface area contributed by atoms with E-state index in [0.29, 0.717) is 6.54 Å². The van der Waals surface area contributed by atoms with Gasteiger partial charge in [-0.05, 0) is 6.42 Å². The molecule has 1 fully saturated rings. The molecule has 0 aromatic rings. The van der Waals surface area contributed by atoms with E-state index in [2.05, 4.69) is 5.32 Å². The van der Waals surface area contributed by atoms with E-state index in [1.165, 1.54) is 0 Å². The van der Waals surface area contributed by atoms with E-state index in [9.17, 15) is 4.79 Å². The molecule has 0 N–H and O–H groups in total. The summed E-state index contributed by atoms with van der Waals surface area (Å²) in [5.74, 6) is 0.146. The molecular formula is C6H11N2O. The number of carbonyl (C=O) groups excluding carboxylic acids is 1. The second-order valence-corrected chi connectivity index (χ2v) is 2.27. The highest BCUT2D eigenvalue weighted by Crippen LogP contribution is 1.92. The van der Waals surface area contributed by atoms with Crippen molar-refractivity contribution in [2.45, 2.75) is 6.42 Å². The third-order valence-corrected chi connectivity index (χ3v) is 1.48. The maximum Gasteiger partial charge on any atom is 0.237 e. The van der Waals surface area contributed by atoms with E-state index >= 15 is 0 Å². The fraction of sp³-hybridized carbons (Fsp3) is 0.833. The molecule has 1 radical (unpaired) electrons. The van der Waals surface area contributed by atoms with Crippen LogP contribution in [0.4, 0.5) is 0 Å². The number of likely N-dealkylation sites (N-methyl/N-ethyl adjacent to an activating group) is 1. The van der Waals surface area contributed by atoms with Gasteiger partial charge in [0.2, 0.25) is 5.91 Å². The molecule has 0 aliphatic carbocycles. The van der Waals surface area contributed by atoms with Crippen molar-refractivity contribution in [1.82, 2.24) is 10.2 Å². The first-order valence-electron chi connectivity index (χ1n) is 3.18. The average Bonchev–Trinajstić information content (AvgIpc) is 1.99. The molecule has 0 unspecified atom stereocenters. The van der Waals surface area contributed by atoms with Gasteiger partial charge in [-0.15, -0.1) is 0 Å². The van der Waals surface area contributed by atoms with Crippen LogP contribution in [-0.2, 0) is 4.79 Å². The van der Waals surface area contributed by atoms with Crippen LogP contribution in [0.25, 0.3) is 0 Å². The lowest BCUT2D eigenvalue weighted by atomic mass is 10.4. The SMILES string of the molecule is CN1CCC[N]CC1=O. The maximum atomic E-state index is 10.8. The molecule has 3 heteroatoms. The minimum Gasteiger partial charge on any atom is -0.345 e. The molecule has 0 saturated carbocycles. The maximum absolute atomic E-state index is 10.8. The summed E-state index contributed by atoms with van der Waals surface area (Å²) < 4.78 is 0. The molecular weight excluding hydrogens is 116 g/mol. The minimum absolute atomic E-state index is 0.146. The van der Waals surface area contributed by atoms with E-state index in [0.717, 1.165) is 19.5 Å². The highest BCUT2D eigenvalue weighted by molar-refractivity contribution is 5.78. The Morgan fingerprint density at radius 3 is 3.22 bits per heavy atom. The summed E-state index contributed by atoms with van der Waals surface area (Å²) in [6.07, 6.45) is 1.02. The van der Waals surface area contributed by atoms with Crippen molar-refractivity contribution >= 4 is 5.91 Å². The van der Waals surface area contributed by atoms with Crippen LogP contribution < -0.4 is 5.32 Å². The van der Waals surface area contributed by atoms with Gasteiger partial charge < -0.3 is 4.90 Å². The van der Waals surface area contributed by atoms with E-state index in [4.69, 9.17) is 0 Å². The molecule has 51 valence electrons. The lowest BCUT2D eigenvalue weighted by Gasteiger charge is -2.11. The molecule has 1 aliphatic heterocycles. The summed E-state index contributed by atoms with van der Waals surface area (Å²) in [6.45, 7) is 2.09. The quantitative estimate of drug-likeness (QED) is 0.430. The zero-order valence-electron chi connectivity index (χ0n) is 5.63. The molecule has 1 heterocycles. The lowest BCUT2D eigenvalue weighted by molar-refractivity contribution is -0.128. The number of nitrogens with zero attached hydrogens (tertiary/aromatic N) is 2. The van der Waals surface area contributed by atoms with Gasteiger partial charge in [0.05, 0.1) is 6.54 Å². The van der Waals surface area contributed by atoms with Gasteiger partial charge in [0, 0.05) is 20.1 Å². The second-order valence-electron chi connectivity index (χ2n) is 2.27. The van der Waals surface area contributed by atoms with Gasteiger partial charge in [0.25, 0.3) is 0 Å². The molecule has 0 bridgehead atoms. The summed E-state index contributed by atoms with van der Waals surface area (Å²) in [6, 6.07) is 0. The van der Waals surface area contributed by atoms with Gasteiger partial charge in [-0.25, -0.2) is 5.32 Å². The van der Waals surface area contributed by atoms with Gasteiger partial charge in [0.1, 0.15) is 0 Å². The number of carbonyl (C=O) groups is 1. The zero-order valence-corrected chi connectivity index (χ0v) is 5.63. The third kappa shape index (κ3) is 1.68. The van der Waals surface area contributed by atoms with Crippen molar-refractivity contribution in [3.8, 4) is 0 Å². The van der Waals surface area contributed by atoms with E-state index in [1.54, 1.807) is 4.90 Å². The first kappa shape index (κ1) is 6.55. The number of hydrogen-bond acceptors (Lipinski definition) is 1. The molecule has 1 aliphatic rings. The molecule has 0 spiro atoms. The molecule has 1 rings (SSSR count). The van der Waals surface area contributed by atoms with E-state index < -0.39 is 0 Å². The highest BCUT2D eigenvalue weighted by Gasteiger charge is 2.11. The van der Waals surface area contributed by atoms with E-state index in [-0.39, 0.29) is 5.91 Å². The summed E-state index contributed by atoms with van der Waals surface area (Å²) in [4.78, 5) is 12.6. The average molecular weight is 127 g/mol. The first-order chi connectivity index (χ1) is 4.30. The van der Waals surface area contributed by atoms with Crippen LogP contribution in [0.2, 0.25) is 0 Å². The third-order valence-electron chi connectivity index (χ3n) is 1.48. The Morgan fingerprint density at radius 2 is 2.44 bits per heavy atom. The Kier molecular flexibility index (Phi) is 2.05. The highest BCUT2D eigenvalue weighted by atomic mass is 16.2. The largest absolute Gasteiger partial charge is 0.345 e. The Hall–Kier alpha value is -0.570. The van der Waals surface area contributed by atoms with Gasteiger partial charge in [-0.3, -0.25) is 4.79 Å². The van der Waals surface area contributed by atoms with Crippen molar-refractivity contribution in [1.29, 1.82) is 0 Å². The number of rotatable bonds is 0.